The summed E-state index contributed by atoms with van der Waals surface area (Å²) < 4.78 is 0. The van der Waals surface area contributed by atoms with Crippen molar-refractivity contribution in [1.82, 2.24) is 5.32 Å². The molecule has 1 saturated heterocycles. The Balaban J connectivity index is 1.75. The summed E-state index contributed by atoms with van der Waals surface area (Å²) in [6.45, 7) is 4.27. The van der Waals surface area contributed by atoms with Crippen LogP contribution in [-0.4, -0.2) is 17.0 Å². The first-order valence-corrected chi connectivity index (χ1v) is 9.31. The third-order valence-corrected chi connectivity index (χ3v) is 5.01. The maximum Gasteiger partial charge on any atom is 0.279 e. The van der Waals surface area contributed by atoms with E-state index in [4.69, 9.17) is 11.6 Å². The fraction of sp³-hybridized carbons (Fsp3) is 0.150. The van der Waals surface area contributed by atoms with E-state index in [0.29, 0.717) is 21.4 Å². The Morgan fingerprint density at radius 2 is 1.77 bits per heavy atom. The molecule has 0 unspecified atom stereocenters. The van der Waals surface area contributed by atoms with Crippen molar-refractivity contribution in [1.29, 1.82) is 0 Å². The van der Waals surface area contributed by atoms with Crippen LogP contribution < -0.4 is 5.32 Å². The average molecular weight is 385 g/mol. The fourth-order valence-corrected chi connectivity index (χ4v) is 3.30. The van der Waals surface area contributed by atoms with Crippen LogP contribution in [0, 0.1) is 0 Å². The van der Waals surface area contributed by atoms with Crippen LogP contribution in [-0.2, 0) is 4.79 Å². The molecule has 0 saturated carbocycles. The summed E-state index contributed by atoms with van der Waals surface area (Å²) in [5, 5.41) is 3.45. The Morgan fingerprint density at radius 1 is 1.12 bits per heavy atom. The molecular weight excluding hydrogens is 368 g/mol. The van der Waals surface area contributed by atoms with E-state index in [1.54, 1.807) is 30.3 Å². The van der Waals surface area contributed by atoms with Gasteiger partial charge in [0, 0.05) is 10.6 Å². The summed E-state index contributed by atoms with van der Waals surface area (Å²) in [5.41, 5.74) is 2.59. The Bertz CT molecular complexity index is 900. The number of hydrogen-bond donors (Lipinski definition) is 1. The van der Waals surface area contributed by atoms with E-state index in [0.717, 1.165) is 17.3 Å². The van der Waals surface area contributed by atoms with Gasteiger partial charge in [-0.2, -0.15) is 4.99 Å². The molecule has 0 aliphatic carbocycles. The molecule has 1 fully saturated rings. The summed E-state index contributed by atoms with van der Waals surface area (Å²) in [5.74, 6) is -0.226. The van der Waals surface area contributed by atoms with Gasteiger partial charge in [-0.3, -0.25) is 9.59 Å². The number of rotatable bonds is 3. The van der Waals surface area contributed by atoms with Crippen LogP contribution in [0.25, 0.3) is 6.08 Å². The summed E-state index contributed by atoms with van der Waals surface area (Å²) in [7, 11) is 0. The van der Waals surface area contributed by atoms with E-state index in [1.165, 1.54) is 5.56 Å². The van der Waals surface area contributed by atoms with Gasteiger partial charge in [0.15, 0.2) is 5.17 Å². The second-order valence-electron chi connectivity index (χ2n) is 6.12. The minimum Gasteiger partial charge on any atom is -0.300 e. The largest absolute Gasteiger partial charge is 0.300 e. The van der Waals surface area contributed by atoms with Gasteiger partial charge in [-0.25, -0.2) is 0 Å². The number of halogens is 1. The van der Waals surface area contributed by atoms with Crippen LogP contribution in [0.3, 0.4) is 0 Å². The van der Waals surface area contributed by atoms with E-state index >= 15 is 0 Å². The van der Waals surface area contributed by atoms with Gasteiger partial charge in [0.1, 0.15) is 0 Å². The zero-order valence-electron chi connectivity index (χ0n) is 14.3. The highest BCUT2D eigenvalue weighted by molar-refractivity contribution is 8.18. The minimum absolute atomic E-state index is 0.259. The SMILES string of the molecule is CC(C)c1ccc(/C=C2\SC(=NC(=O)c3ccc(Cl)cc3)NC2=O)cc1. The van der Waals surface area contributed by atoms with Gasteiger partial charge in [-0.1, -0.05) is 49.7 Å². The molecule has 4 nitrogen and oxygen atoms in total. The molecule has 1 N–H and O–H groups in total. The number of nitrogens with zero attached hydrogens (tertiary/aromatic N) is 1. The number of amides is 2. The summed E-state index contributed by atoms with van der Waals surface area (Å²) in [4.78, 5) is 28.8. The zero-order valence-corrected chi connectivity index (χ0v) is 15.9. The van der Waals surface area contributed by atoms with Crippen LogP contribution in [0.15, 0.2) is 58.4 Å². The molecule has 0 aromatic heterocycles. The van der Waals surface area contributed by atoms with Crippen LogP contribution >= 0.6 is 23.4 Å². The van der Waals surface area contributed by atoms with Crippen molar-refractivity contribution < 1.29 is 9.59 Å². The molecule has 0 bridgehead atoms. The molecule has 26 heavy (non-hydrogen) atoms. The van der Waals surface area contributed by atoms with Gasteiger partial charge in [0.05, 0.1) is 4.91 Å². The van der Waals surface area contributed by atoms with Crippen LogP contribution in [0.2, 0.25) is 5.02 Å². The number of thioether (sulfide) groups is 1. The van der Waals surface area contributed by atoms with E-state index in [9.17, 15) is 9.59 Å². The number of carbonyl (C=O) groups is 2. The monoisotopic (exact) mass is 384 g/mol. The van der Waals surface area contributed by atoms with Crippen molar-refractivity contribution in [3.63, 3.8) is 0 Å². The van der Waals surface area contributed by atoms with E-state index < -0.39 is 5.91 Å². The number of amidine groups is 1. The van der Waals surface area contributed by atoms with Gasteiger partial charge in [0.25, 0.3) is 11.8 Å². The lowest BCUT2D eigenvalue weighted by atomic mass is 10.0. The lowest BCUT2D eigenvalue weighted by molar-refractivity contribution is -0.115. The third-order valence-electron chi connectivity index (χ3n) is 3.85. The zero-order chi connectivity index (χ0) is 18.7. The quantitative estimate of drug-likeness (QED) is 0.768. The Hall–Kier alpha value is -2.37. The summed E-state index contributed by atoms with van der Waals surface area (Å²) >= 11 is 6.97. The van der Waals surface area contributed by atoms with Gasteiger partial charge in [-0.15, -0.1) is 0 Å². The summed E-state index contributed by atoms with van der Waals surface area (Å²) in [6.07, 6.45) is 1.79. The molecular formula is C20H17ClN2O2S. The molecule has 0 atom stereocenters. The maximum absolute atomic E-state index is 12.2. The molecule has 2 aromatic carbocycles. The van der Waals surface area contributed by atoms with Crippen LogP contribution in [0.1, 0.15) is 41.3 Å². The molecule has 132 valence electrons. The normalized spacial score (nSPS) is 17.2. The predicted molar refractivity (Wildman–Crippen MR) is 107 cm³/mol. The van der Waals surface area contributed by atoms with Gasteiger partial charge < -0.3 is 5.32 Å². The van der Waals surface area contributed by atoms with E-state index in [1.807, 2.05) is 24.3 Å². The molecule has 0 radical (unpaired) electrons. The maximum atomic E-state index is 12.2. The van der Waals surface area contributed by atoms with Gasteiger partial charge in [-0.05, 0) is 59.1 Å². The highest BCUT2D eigenvalue weighted by atomic mass is 35.5. The fourth-order valence-electron chi connectivity index (χ4n) is 2.36. The minimum atomic E-state index is -0.424. The Labute approximate surface area is 161 Å². The number of nitrogens with one attached hydrogen (secondary N) is 1. The molecule has 2 aromatic rings. The Morgan fingerprint density at radius 3 is 2.38 bits per heavy atom. The van der Waals surface area contributed by atoms with E-state index in [2.05, 4.69) is 24.2 Å². The highest BCUT2D eigenvalue weighted by Crippen LogP contribution is 2.27. The first-order chi connectivity index (χ1) is 12.4. The Kier molecular flexibility index (Phi) is 5.59. The topological polar surface area (TPSA) is 58.5 Å². The second-order valence-corrected chi connectivity index (χ2v) is 7.58. The van der Waals surface area contributed by atoms with Crippen molar-refractivity contribution in [3.05, 3.63) is 75.1 Å². The van der Waals surface area contributed by atoms with Crippen molar-refractivity contribution in [2.24, 2.45) is 4.99 Å². The molecule has 1 heterocycles. The summed E-state index contributed by atoms with van der Waals surface area (Å²) in [6, 6.07) is 14.5. The van der Waals surface area contributed by atoms with Crippen molar-refractivity contribution in [2.75, 3.05) is 0 Å². The number of hydrogen-bond acceptors (Lipinski definition) is 3. The lowest BCUT2D eigenvalue weighted by Crippen LogP contribution is -2.20. The van der Waals surface area contributed by atoms with E-state index in [-0.39, 0.29) is 11.1 Å². The standard InChI is InChI=1S/C20H17ClN2O2S/c1-12(2)14-5-3-13(4-6-14)11-17-19(25)23-20(26-17)22-18(24)15-7-9-16(21)10-8-15/h3-12H,1-2H3,(H,22,23,24,25)/b17-11-. The van der Waals surface area contributed by atoms with Crippen LogP contribution in [0.4, 0.5) is 0 Å². The molecule has 2 amide bonds. The van der Waals surface area contributed by atoms with Gasteiger partial charge >= 0.3 is 0 Å². The lowest BCUT2D eigenvalue weighted by Gasteiger charge is -2.04. The number of aliphatic imine (C=N–C) groups is 1. The highest BCUT2D eigenvalue weighted by Gasteiger charge is 2.24. The first kappa shape index (κ1) is 18.4. The third kappa shape index (κ3) is 4.42. The molecule has 0 spiro atoms. The number of carbonyl (C=O) groups excluding carboxylic acids is 2. The number of benzene rings is 2. The second kappa shape index (κ2) is 7.89. The van der Waals surface area contributed by atoms with Crippen molar-refractivity contribution in [2.45, 2.75) is 19.8 Å². The molecule has 1 aliphatic rings. The molecule has 6 heteroatoms. The smallest absolute Gasteiger partial charge is 0.279 e. The molecule has 3 rings (SSSR count). The van der Waals surface area contributed by atoms with Crippen LogP contribution in [0.5, 0.6) is 0 Å². The van der Waals surface area contributed by atoms with Crippen molar-refractivity contribution >= 4 is 46.4 Å². The first-order valence-electron chi connectivity index (χ1n) is 8.12. The van der Waals surface area contributed by atoms with Gasteiger partial charge in [0.2, 0.25) is 0 Å². The predicted octanol–water partition coefficient (Wildman–Crippen LogP) is 4.86. The average Bonchev–Trinajstić information content (AvgIpc) is 2.95. The molecule has 1 aliphatic heterocycles. The van der Waals surface area contributed by atoms with Crippen molar-refractivity contribution in [3.8, 4) is 0 Å².